The van der Waals surface area contributed by atoms with Crippen LogP contribution in [0.15, 0.2) is 0 Å². The standard InChI is InChI=1S/C15H28N2O3/c1-2-3-4-5-6-7-11-16-15(20)17(13-8-9-13)12-10-14(18)19/h13H,2-12H2,1H3,(H,16,20)(H,18,19). The Morgan fingerprint density at radius 1 is 1.15 bits per heavy atom. The van der Waals surface area contributed by atoms with Crippen LogP contribution in [-0.4, -0.2) is 41.1 Å². The van der Waals surface area contributed by atoms with Gasteiger partial charge in [-0.1, -0.05) is 39.0 Å². The third kappa shape index (κ3) is 7.36. The van der Waals surface area contributed by atoms with Gasteiger partial charge in [-0.2, -0.15) is 0 Å². The molecule has 2 N–H and O–H groups in total. The number of carboxylic acid groups (broad SMARTS) is 1. The number of aliphatic carboxylic acids is 1. The number of urea groups is 1. The lowest BCUT2D eigenvalue weighted by atomic mass is 10.1. The summed E-state index contributed by atoms with van der Waals surface area (Å²) in [6.45, 7) is 3.22. The Bertz CT molecular complexity index is 303. The highest BCUT2D eigenvalue weighted by Gasteiger charge is 2.32. The molecular formula is C15H28N2O3. The van der Waals surface area contributed by atoms with Gasteiger partial charge in [-0.25, -0.2) is 4.79 Å². The average Bonchev–Trinajstić information content (AvgIpc) is 3.22. The molecular weight excluding hydrogens is 256 g/mol. The summed E-state index contributed by atoms with van der Waals surface area (Å²) in [5, 5.41) is 11.6. The van der Waals surface area contributed by atoms with Crippen molar-refractivity contribution in [3.63, 3.8) is 0 Å². The van der Waals surface area contributed by atoms with E-state index in [-0.39, 0.29) is 18.5 Å². The van der Waals surface area contributed by atoms with E-state index in [4.69, 9.17) is 5.11 Å². The van der Waals surface area contributed by atoms with Gasteiger partial charge in [0.15, 0.2) is 0 Å². The van der Waals surface area contributed by atoms with Crippen LogP contribution in [0.4, 0.5) is 4.79 Å². The Morgan fingerprint density at radius 2 is 1.80 bits per heavy atom. The molecule has 20 heavy (non-hydrogen) atoms. The number of hydrogen-bond acceptors (Lipinski definition) is 2. The van der Waals surface area contributed by atoms with Gasteiger partial charge in [-0.15, -0.1) is 0 Å². The van der Waals surface area contributed by atoms with Gasteiger partial charge in [-0.05, 0) is 19.3 Å². The van der Waals surface area contributed by atoms with Crippen molar-refractivity contribution in [2.45, 2.75) is 70.8 Å². The second-order valence-electron chi connectivity index (χ2n) is 5.57. The van der Waals surface area contributed by atoms with Crippen LogP contribution in [-0.2, 0) is 4.79 Å². The Labute approximate surface area is 121 Å². The number of rotatable bonds is 11. The lowest BCUT2D eigenvalue weighted by Crippen LogP contribution is -2.42. The number of unbranched alkanes of at least 4 members (excludes halogenated alkanes) is 5. The third-order valence-corrected chi connectivity index (χ3v) is 3.62. The number of amides is 2. The molecule has 0 aromatic carbocycles. The topological polar surface area (TPSA) is 69.6 Å². The average molecular weight is 284 g/mol. The molecule has 0 saturated heterocycles. The number of nitrogens with zero attached hydrogens (tertiary/aromatic N) is 1. The number of nitrogens with one attached hydrogen (secondary N) is 1. The van der Waals surface area contributed by atoms with Crippen molar-refractivity contribution in [3.8, 4) is 0 Å². The fourth-order valence-corrected chi connectivity index (χ4v) is 2.25. The molecule has 0 radical (unpaired) electrons. The second-order valence-corrected chi connectivity index (χ2v) is 5.57. The molecule has 2 amide bonds. The lowest BCUT2D eigenvalue weighted by Gasteiger charge is -2.22. The van der Waals surface area contributed by atoms with E-state index in [0.29, 0.717) is 13.1 Å². The molecule has 0 aliphatic heterocycles. The van der Waals surface area contributed by atoms with Crippen LogP contribution >= 0.6 is 0 Å². The van der Waals surface area contributed by atoms with Gasteiger partial charge in [0, 0.05) is 19.1 Å². The molecule has 1 saturated carbocycles. The second kappa shape index (κ2) is 9.61. The van der Waals surface area contributed by atoms with E-state index in [1.165, 1.54) is 25.7 Å². The summed E-state index contributed by atoms with van der Waals surface area (Å²) in [6, 6.07) is 0.168. The fourth-order valence-electron chi connectivity index (χ4n) is 2.25. The van der Waals surface area contributed by atoms with Crippen molar-refractivity contribution in [3.05, 3.63) is 0 Å². The molecule has 1 aliphatic rings. The molecule has 5 heteroatoms. The van der Waals surface area contributed by atoms with Crippen LogP contribution in [0.3, 0.4) is 0 Å². The first-order chi connectivity index (χ1) is 9.65. The molecule has 0 aromatic heterocycles. The Morgan fingerprint density at radius 3 is 2.40 bits per heavy atom. The van der Waals surface area contributed by atoms with Crippen LogP contribution in [0.1, 0.15) is 64.7 Å². The number of hydrogen-bond donors (Lipinski definition) is 2. The molecule has 5 nitrogen and oxygen atoms in total. The Hall–Kier alpha value is -1.26. The number of carbonyl (C=O) groups excluding carboxylic acids is 1. The summed E-state index contributed by atoms with van der Waals surface area (Å²) >= 11 is 0. The van der Waals surface area contributed by atoms with E-state index in [1.54, 1.807) is 4.90 Å². The molecule has 1 fully saturated rings. The minimum Gasteiger partial charge on any atom is -0.481 e. The van der Waals surface area contributed by atoms with E-state index >= 15 is 0 Å². The predicted octanol–water partition coefficient (Wildman–Crippen LogP) is 3.00. The maximum atomic E-state index is 12.0. The fraction of sp³-hybridized carbons (Fsp3) is 0.867. The zero-order valence-electron chi connectivity index (χ0n) is 12.6. The maximum Gasteiger partial charge on any atom is 0.317 e. The van der Waals surface area contributed by atoms with Gasteiger partial charge in [0.05, 0.1) is 6.42 Å². The molecule has 116 valence electrons. The lowest BCUT2D eigenvalue weighted by molar-refractivity contribution is -0.137. The van der Waals surface area contributed by atoms with Crippen LogP contribution in [0.2, 0.25) is 0 Å². The van der Waals surface area contributed by atoms with Crippen molar-refractivity contribution >= 4 is 12.0 Å². The molecule has 1 rings (SSSR count). The monoisotopic (exact) mass is 284 g/mol. The largest absolute Gasteiger partial charge is 0.481 e. The van der Waals surface area contributed by atoms with Crippen molar-refractivity contribution in [1.29, 1.82) is 0 Å². The summed E-state index contributed by atoms with van der Waals surface area (Å²) < 4.78 is 0. The minimum absolute atomic E-state index is 0.0287. The van der Waals surface area contributed by atoms with Crippen LogP contribution in [0, 0.1) is 0 Å². The molecule has 0 aromatic rings. The van der Waals surface area contributed by atoms with E-state index in [9.17, 15) is 9.59 Å². The highest BCUT2D eigenvalue weighted by Crippen LogP contribution is 2.26. The van der Waals surface area contributed by atoms with Crippen LogP contribution in [0.5, 0.6) is 0 Å². The molecule has 0 spiro atoms. The van der Waals surface area contributed by atoms with E-state index < -0.39 is 5.97 Å². The van der Waals surface area contributed by atoms with Crippen LogP contribution in [0.25, 0.3) is 0 Å². The quantitative estimate of drug-likeness (QED) is 0.573. The minimum atomic E-state index is -0.848. The van der Waals surface area contributed by atoms with Crippen molar-refractivity contribution < 1.29 is 14.7 Å². The summed E-state index contributed by atoms with van der Waals surface area (Å²) in [5.41, 5.74) is 0. The Balaban J connectivity index is 2.10. The van der Waals surface area contributed by atoms with Gasteiger partial charge < -0.3 is 15.3 Å². The summed E-state index contributed by atoms with van der Waals surface area (Å²) in [7, 11) is 0. The van der Waals surface area contributed by atoms with Crippen LogP contribution < -0.4 is 5.32 Å². The molecule has 0 atom stereocenters. The maximum absolute atomic E-state index is 12.0. The molecule has 0 unspecified atom stereocenters. The summed E-state index contributed by atoms with van der Waals surface area (Å²) in [5.74, 6) is -0.848. The van der Waals surface area contributed by atoms with Gasteiger partial charge >= 0.3 is 12.0 Å². The summed E-state index contributed by atoms with van der Waals surface area (Å²) in [6.07, 6.45) is 9.24. The molecule has 0 bridgehead atoms. The zero-order chi connectivity index (χ0) is 14.8. The molecule has 0 heterocycles. The van der Waals surface area contributed by atoms with Gasteiger partial charge in [0.2, 0.25) is 0 Å². The first kappa shape index (κ1) is 16.8. The predicted molar refractivity (Wildman–Crippen MR) is 78.8 cm³/mol. The zero-order valence-corrected chi connectivity index (χ0v) is 12.6. The first-order valence-electron chi connectivity index (χ1n) is 7.91. The normalized spacial score (nSPS) is 14.1. The van der Waals surface area contributed by atoms with Gasteiger partial charge in [0.1, 0.15) is 0 Å². The van der Waals surface area contributed by atoms with Gasteiger partial charge in [0.25, 0.3) is 0 Å². The van der Waals surface area contributed by atoms with E-state index in [2.05, 4.69) is 12.2 Å². The summed E-state index contributed by atoms with van der Waals surface area (Å²) in [4.78, 5) is 24.3. The van der Waals surface area contributed by atoms with Crippen molar-refractivity contribution in [2.24, 2.45) is 0 Å². The third-order valence-electron chi connectivity index (χ3n) is 3.62. The van der Waals surface area contributed by atoms with Crippen molar-refractivity contribution in [2.75, 3.05) is 13.1 Å². The highest BCUT2D eigenvalue weighted by atomic mass is 16.4. The Kier molecular flexibility index (Phi) is 8.07. The smallest absolute Gasteiger partial charge is 0.317 e. The SMILES string of the molecule is CCCCCCCCNC(=O)N(CCC(=O)O)C1CC1. The van der Waals surface area contributed by atoms with E-state index in [0.717, 1.165) is 25.7 Å². The number of carboxylic acids is 1. The van der Waals surface area contributed by atoms with Crippen molar-refractivity contribution in [1.82, 2.24) is 10.2 Å². The number of carbonyl (C=O) groups is 2. The van der Waals surface area contributed by atoms with E-state index in [1.807, 2.05) is 0 Å². The van der Waals surface area contributed by atoms with Gasteiger partial charge in [-0.3, -0.25) is 4.79 Å². The molecule has 1 aliphatic carbocycles. The highest BCUT2D eigenvalue weighted by molar-refractivity contribution is 5.76. The first-order valence-corrected chi connectivity index (χ1v) is 7.91.